The lowest BCUT2D eigenvalue weighted by Gasteiger charge is -2.15. The van der Waals surface area contributed by atoms with E-state index in [1.54, 1.807) is 4.90 Å². The molecule has 0 N–H and O–H groups in total. The number of carbonyl (C=O) groups excluding carboxylic acids is 1. The molecule has 0 aliphatic carbocycles. The van der Waals surface area contributed by atoms with Gasteiger partial charge in [0.05, 0.1) is 6.54 Å². The summed E-state index contributed by atoms with van der Waals surface area (Å²) in [6, 6.07) is 25.1. The first-order valence-electron chi connectivity index (χ1n) is 9.67. The Kier molecular flexibility index (Phi) is 3.70. The molecule has 0 unspecified atom stereocenters. The van der Waals surface area contributed by atoms with Gasteiger partial charge in [0.15, 0.2) is 5.58 Å². The van der Waals surface area contributed by atoms with Gasteiger partial charge in [0.2, 0.25) is 5.89 Å². The summed E-state index contributed by atoms with van der Waals surface area (Å²) in [5.41, 5.74) is 4.88. The smallest absolute Gasteiger partial charge is 0.258 e. The minimum absolute atomic E-state index is 0.0114. The highest BCUT2D eigenvalue weighted by Gasteiger charge is 2.28. The number of nitrogens with zero attached hydrogens (tertiary/aromatic N) is 2. The normalized spacial score (nSPS) is 13.4. The summed E-state index contributed by atoms with van der Waals surface area (Å²) in [6.45, 7) is 0.563. The van der Waals surface area contributed by atoms with E-state index in [0.717, 1.165) is 33.2 Å². The molecule has 1 aliphatic rings. The zero-order valence-electron chi connectivity index (χ0n) is 15.8. The summed E-state index contributed by atoms with van der Waals surface area (Å²) in [4.78, 5) is 19.3. The zero-order valence-corrected chi connectivity index (χ0v) is 16.6. The molecule has 0 bridgehead atoms. The first-order valence-corrected chi connectivity index (χ1v) is 10.0. The van der Waals surface area contributed by atoms with E-state index in [1.807, 2.05) is 78.9 Å². The van der Waals surface area contributed by atoms with Crippen LogP contribution >= 0.6 is 11.6 Å². The Balaban J connectivity index is 1.44. The van der Waals surface area contributed by atoms with Gasteiger partial charge in [0.1, 0.15) is 5.52 Å². The molecule has 5 heteroatoms. The average molecular weight is 411 g/mol. The number of benzene rings is 4. The van der Waals surface area contributed by atoms with Crippen molar-refractivity contribution in [3.8, 4) is 11.5 Å². The maximum absolute atomic E-state index is 12.8. The summed E-state index contributed by atoms with van der Waals surface area (Å²) < 4.78 is 6.05. The molecular weight excluding hydrogens is 396 g/mol. The molecule has 0 saturated carbocycles. The number of amides is 1. The second-order valence-corrected chi connectivity index (χ2v) is 7.77. The van der Waals surface area contributed by atoms with Crippen LogP contribution in [-0.4, -0.2) is 10.9 Å². The lowest BCUT2D eigenvalue weighted by Crippen LogP contribution is -2.22. The largest absolute Gasteiger partial charge is 0.436 e. The molecule has 5 aromatic rings. The molecule has 1 aromatic heterocycles. The lowest BCUT2D eigenvalue weighted by atomic mass is 10.0. The van der Waals surface area contributed by atoms with E-state index in [1.165, 1.54) is 0 Å². The number of carbonyl (C=O) groups is 1. The monoisotopic (exact) mass is 410 g/mol. The Hall–Kier alpha value is -3.63. The van der Waals surface area contributed by atoms with Crippen LogP contribution in [0.1, 0.15) is 15.9 Å². The lowest BCUT2D eigenvalue weighted by molar-refractivity contribution is 0.0996. The maximum Gasteiger partial charge on any atom is 0.258 e. The topological polar surface area (TPSA) is 46.3 Å². The van der Waals surface area contributed by atoms with Crippen LogP contribution in [0.2, 0.25) is 5.02 Å². The zero-order chi connectivity index (χ0) is 20.2. The molecule has 4 aromatic carbocycles. The van der Waals surface area contributed by atoms with Crippen LogP contribution in [0.15, 0.2) is 83.3 Å². The SMILES string of the molecule is O=C1c2ccccc2CN1c1ccc2oc(-c3cccc4c(Cl)cccc34)nc2c1. The van der Waals surface area contributed by atoms with Gasteiger partial charge in [-0.15, -0.1) is 0 Å². The van der Waals surface area contributed by atoms with Crippen molar-refractivity contribution < 1.29 is 9.21 Å². The number of hydrogen-bond acceptors (Lipinski definition) is 3. The quantitative estimate of drug-likeness (QED) is 0.335. The van der Waals surface area contributed by atoms with E-state index in [9.17, 15) is 4.79 Å². The predicted octanol–water partition coefficient (Wildman–Crippen LogP) is 6.46. The highest BCUT2D eigenvalue weighted by Crippen LogP contribution is 2.35. The Morgan fingerprint density at radius 1 is 0.867 bits per heavy atom. The van der Waals surface area contributed by atoms with Crippen molar-refractivity contribution in [2.24, 2.45) is 0 Å². The summed E-state index contributed by atoms with van der Waals surface area (Å²) in [7, 11) is 0. The number of anilines is 1. The number of aromatic nitrogens is 1. The molecule has 0 fully saturated rings. The molecule has 0 atom stereocenters. The van der Waals surface area contributed by atoms with Gasteiger partial charge in [0.25, 0.3) is 5.91 Å². The molecule has 0 radical (unpaired) electrons. The van der Waals surface area contributed by atoms with E-state index in [0.29, 0.717) is 28.6 Å². The molecule has 2 heterocycles. The van der Waals surface area contributed by atoms with E-state index in [-0.39, 0.29) is 5.91 Å². The van der Waals surface area contributed by atoms with Crippen LogP contribution in [-0.2, 0) is 6.54 Å². The van der Waals surface area contributed by atoms with Crippen LogP contribution < -0.4 is 4.90 Å². The maximum atomic E-state index is 12.8. The first-order chi connectivity index (χ1) is 14.7. The Morgan fingerprint density at radius 2 is 1.67 bits per heavy atom. The second kappa shape index (κ2) is 6.44. The van der Waals surface area contributed by atoms with Crippen LogP contribution in [0, 0.1) is 0 Å². The molecule has 0 spiro atoms. The predicted molar refractivity (Wildman–Crippen MR) is 119 cm³/mol. The Morgan fingerprint density at radius 3 is 2.57 bits per heavy atom. The van der Waals surface area contributed by atoms with Gasteiger partial charge in [-0.3, -0.25) is 4.79 Å². The van der Waals surface area contributed by atoms with Gasteiger partial charge in [-0.1, -0.05) is 54.1 Å². The molecule has 1 amide bonds. The summed E-state index contributed by atoms with van der Waals surface area (Å²) >= 11 is 6.35. The number of oxazole rings is 1. The minimum atomic E-state index is 0.0114. The number of hydrogen-bond donors (Lipinski definition) is 0. The van der Waals surface area contributed by atoms with E-state index in [4.69, 9.17) is 21.0 Å². The fraction of sp³-hybridized carbons (Fsp3) is 0.0400. The molecule has 4 nitrogen and oxygen atoms in total. The molecular formula is C25H15ClN2O2. The fourth-order valence-corrected chi connectivity index (χ4v) is 4.36. The third-order valence-electron chi connectivity index (χ3n) is 5.60. The van der Waals surface area contributed by atoms with Crippen molar-refractivity contribution in [1.29, 1.82) is 0 Å². The molecule has 6 rings (SSSR count). The van der Waals surface area contributed by atoms with Gasteiger partial charge in [-0.05, 0) is 47.3 Å². The van der Waals surface area contributed by atoms with Crippen molar-refractivity contribution in [2.75, 3.05) is 4.90 Å². The summed E-state index contributed by atoms with van der Waals surface area (Å²) in [6.07, 6.45) is 0. The number of rotatable bonds is 2. The third kappa shape index (κ3) is 2.54. The minimum Gasteiger partial charge on any atom is -0.436 e. The van der Waals surface area contributed by atoms with Crippen molar-refractivity contribution in [3.05, 3.63) is 95.0 Å². The van der Waals surface area contributed by atoms with Crippen molar-refractivity contribution in [3.63, 3.8) is 0 Å². The number of halogens is 1. The van der Waals surface area contributed by atoms with Gasteiger partial charge < -0.3 is 9.32 Å². The van der Waals surface area contributed by atoms with Gasteiger partial charge >= 0.3 is 0 Å². The second-order valence-electron chi connectivity index (χ2n) is 7.36. The Bertz CT molecular complexity index is 1470. The average Bonchev–Trinajstić information content (AvgIpc) is 3.34. The van der Waals surface area contributed by atoms with Crippen LogP contribution in [0.5, 0.6) is 0 Å². The third-order valence-corrected chi connectivity index (χ3v) is 5.93. The van der Waals surface area contributed by atoms with Crippen LogP contribution in [0.25, 0.3) is 33.3 Å². The van der Waals surface area contributed by atoms with E-state index < -0.39 is 0 Å². The van der Waals surface area contributed by atoms with Crippen LogP contribution in [0.4, 0.5) is 5.69 Å². The van der Waals surface area contributed by atoms with E-state index >= 15 is 0 Å². The van der Waals surface area contributed by atoms with Crippen LogP contribution in [0.3, 0.4) is 0 Å². The van der Waals surface area contributed by atoms with E-state index in [2.05, 4.69) is 0 Å². The molecule has 30 heavy (non-hydrogen) atoms. The Labute approximate surface area is 177 Å². The highest BCUT2D eigenvalue weighted by molar-refractivity contribution is 6.35. The molecule has 1 aliphatic heterocycles. The molecule has 0 saturated heterocycles. The fourth-order valence-electron chi connectivity index (χ4n) is 4.12. The van der Waals surface area contributed by atoms with Crippen molar-refractivity contribution >= 4 is 45.1 Å². The van der Waals surface area contributed by atoms with Gasteiger partial charge in [0, 0.05) is 27.2 Å². The first kappa shape index (κ1) is 17.2. The summed E-state index contributed by atoms with van der Waals surface area (Å²) in [5, 5.41) is 2.64. The van der Waals surface area contributed by atoms with Crippen molar-refractivity contribution in [2.45, 2.75) is 6.54 Å². The van der Waals surface area contributed by atoms with Gasteiger partial charge in [-0.25, -0.2) is 4.98 Å². The highest BCUT2D eigenvalue weighted by atomic mass is 35.5. The van der Waals surface area contributed by atoms with Crippen molar-refractivity contribution in [1.82, 2.24) is 4.98 Å². The van der Waals surface area contributed by atoms with Gasteiger partial charge in [-0.2, -0.15) is 0 Å². The number of fused-ring (bicyclic) bond motifs is 3. The standard InChI is InChI=1S/C25H15ClN2O2/c26-21-10-4-7-18-19(21)8-3-9-20(18)24-27-22-13-16(11-12-23(22)30-24)28-14-15-5-1-2-6-17(15)25(28)29/h1-13H,14H2. The summed E-state index contributed by atoms with van der Waals surface area (Å²) in [5.74, 6) is 0.545. The molecule has 144 valence electrons.